The van der Waals surface area contributed by atoms with Gasteiger partial charge in [0, 0.05) is 6.42 Å². The summed E-state index contributed by atoms with van der Waals surface area (Å²) in [6.45, 7) is 0. The molecule has 1 aromatic carbocycles. The summed E-state index contributed by atoms with van der Waals surface area (Å²) < 4.78 is 5.32. The van der Waals surface area contributed by atoms with Gasteiger partial charge in [0.1, 0.15) is 5.75 Å². The molecule has 0 radical (unpaired) electrons. The molecular formula is C15H16O2. The lowest BCUT2D eigenvalue weighted by Gasteiger charge is -2.16. The van der Waals surface area contributed by atoms with Crippen LogP contribution >= 0.6 is 0 Å². The van der Waals surface area contributed by atoms with Crippen molar-refractivity contribution >= 4 is 5.97 Å². The van der Waals surface area contributed by atoms with Crippen LogP contribution in [0, 0.1) is 17.8 Å². The van der Waals surface area contributed by atoms with Crippen LogP contribution in [-0.4, -0.2) is 5.97 Å². The molecule has 2 heteroatoms. The summed E-state index contributed by atoms with van der Waals surface area (Å²) in [5.41, 5.74) is 0. The number of hydrogen-bond acceptors (Lipinski definition) is 2. The largest absolute Gasteiger partial charge is 0.427 e. The van der Waals surface area contributed by atoms with Crippen LogP contribution in [0.25, 0.3) is 0 Å². The minimum Gasteiger partial charge on any atom is -0.427 e. The number of carbonyl (C=O) groups excluding carboxylic acids is 1. The van der Waals surface area contributed by atoms with Gasteiger partial charge in [0.05, 0.1) is 0 Å². The van der Waals surface area contributed by atoms with Crippen LogP contribution in [0.5, 0.6) is 5.75 Å². The predicted octanol–water partition coefficient (Wildman–Crippen LogP) is 3.19. The molecule has 3 unspecified atom stereocenters. The van der Waals surface area contributed by atoms with Gasteiger partial charge in [-0.1, -0.05) is 30.4 Å². The monoisotopic (exact) mass is 228 g/mol. The second kappa shape index (κ2) is 4.36. The highest BCUT2D eigenvalue weighted by Crippen LogP contribution is 2.44. The standard InChI is InChI=1S/C15H16O2/c16-15(17-14-4-2-1-3-5-14)10-13-9-11-6-7-12(13)8-11/h1-7,11-13H,8-10H2. The van der Waals surface area contributed by atoms with Crippen molar-refractivity contribution in [1.29, 1.82) is 0 Å². The summed E-state index contributed by atoms with van der Waals surface area (Å²) in [7, 11) is 0. The van der Waals surface area contributed by atoms with E-state index >= 15 is 0 Å². The van der Waals surface area contributed by atoms with Crippen LogP contribution in [0.3, 0.4) is 0 Å². The third-order valence-electron chi connectivity index (χ3n) is 3.82. The summed E-state index contributed by atoms with van der Waals surface area (Å²) in [4.78, 5) is 11.8. The van der Waals surface area contributed by atoms with Crippen molar-refractivity contribution in [2.45, 2.75) is 19.3 Å². The Bertz CT molecular complexity index is 435. The van der Waals surface area contributed by atoms with Gasteiger partial charge in [0.15, 0.2) is 0 Å². The molecule has 2 aliphatic rings. The van der Waals surface area contributed by atoms with Crippen LogP contribution in [0.1, 0.15) is 19.3 Å². The Labute approximate surface area is 101 Å². The van der Waals surface area contributed by atoms with Gasteiger partial charge in [-0.25, -0.2) is 0 Å². The molecule has 17 heavy (non-hydrogen) atoms. The minimum absolute atomic E-state index is 0.0952. The number of fused-ring (bicyclic) bond motifs is 2. The van der Waals surface area contributed by atoms with Crippen LogP contribution in [0.2, 0.25) is 0 Å². The average Bonchev–Trinajstić information content (AvgIpc) is 2.92. The molecule has 2 nitrogen and oxygen atoms in total. The van der Waals surface area contributed by atoms with Crippen LogP contribution in [-0.2, 0) is 4.79 Å². The van der Waals surface area contributed by atoms with Gasteiger partial charge in [-0.2, -0.15) is 0 Å². The molecule has 0 N–H and O–H groups in total. The highest BCUT2D eigenvalue weighted by atomic mass is 16.5. The van der Waals surface area contributed by atoms with Crippen LogP contribution < -0.4 is 4.74 Å². The molecule has 88 valence electrons. The van der Waals surface area contributed by atoms with E-state index < -0.39 is 0 Å². The van der Waals surface area contributed by atoms with E-state index in [1.54, 1.807) is 0 Å². The molecule has 3 rings (SSSR count). The van der Waals surface area contributed by atoms with Gasteiger partial charge in [-0.15, -0.1) is 0 Å². The van der Waals surface area contributed by atoms with Crippen molar-refractivity contribution in [2.75, 3.05) is 0 Å². The molecular weight excluding hydrogens is 212 g/mol. The number of allylic oxidation sites excluding steroid dienone is 2. The Hall–Kier alpha value is -1.57. The molecule has 2 aliphatic carbocycles. The second-order valence-electron chi connectivity index (χ2n) is 5.03. The fourth-order valence-corrected chi connectivity index (χ4v) is 3.01. The number of ether oxygens (including phenoxy) is 1. The maximum atomic E-state index is 11.8. The number of carbonyl (C=O) groups is 1. The Balaban J connectivity index is 1.56. The quantitative estimate of drug-likeness (QED) is 0.451. The Morgan fingerprint density at radius 2 is 2.00 bits per heavy atom. The zero-order valence-electron chi connectivity index (χ0n) is 9.71. The molecule has 1 fully saturated rings. The van der Waals surface area contributed by atoms with E-state index in [0.717, 1.165) is 12.3 Å². The highest BCUT2D eigenvalue weighted by Gasteiger charge is 2.36. The molecule has 2 bridgehead atoms. The molecule has 0 saturated heterocycles. The van der Waals surface area contributed by atoms with Crippen LogP contribution in [0.15, 0.2) is 42.5 Å². The third kappa shape index (κ3) is 2.26. The van der Waals surface area contributed by atoms with Crippen molar-refractivity contribution in [3.63, 3.8) is 0 Å². The Morgan fingerprint density at radius 1 is 1.18 bits per heavy atom. The van der Waals surface area contributed by atoms with Gasteiger partial charge >= 0.3 is 5.97 Å². The van der Waals surface area contributed by atoms with E-state index in [9.17, 15) is 4.79 Å². The molecule has 1 saturated carbocycles. The van der Waals surface area contributed by atoms with Crippen molar-refractivity contribution in [3.8, 4) is 5.75 Å². The van der Waals surface area contributed by atoms with E-state index in [1.807, 2.05) is 30.3 Å². The van der Waals surface area contributed by atoms with Gasteiger partial charge < -0.3 is 4.74 Å². The number of benzene rings is 1. The molecule has 0 aliphatic heterocycles. The van der Waals surface area contributed by atoms with E-state index in [4.69, 9.17) is 4.74 Å². The van der Waals surface area contributed by atoms with Gasteiger partial charge in [-0.05, 0) is 42.7 Å². The van der Waals surface area contributed by atoms with Gasteiger partial charge in [-0.3, -0.25) is 4.79 Å². The fraction of sp³-hybridized carbons (Fsp3) is 0.400. The van der Waals surface area contributed by atoms with E-state index in [0.29, 0.717) is 24.0 Å². The Kier molecular flexibility index (Phi) is 2.71. The number of esters is 1. The topological polar surface area (TPSA) is 26.3 Å². The van der Waals surface area contributed by atoms with Crippen LogP contribution in [0.4, 0.5) is 0 Å². The van der Waals surface area contributed by atoms with Crippen molar-refractivity contribution < 1.29 is 9.53 Å². The molecule has 3 atom stereocenters. The number of rotatable bonds is 3. The molecule has 0 aromatic heterocycles. The second-order valence-corrected chi connectivity index (χ2v) is 5.03. The lowest BCUT2D eigenvalue weighted by Crippen LogP contribution is -2.17. The lowest BCUT2D eigenvalue weighted by atomic mass is 9.91. The van der Waals surface area contributed by atoms with E-state index in [-0.39, 0.29) is 5.97 Å². The van der Waals surface area contributed by atoms with E-state index in [1.165, 1.54) is 6.42 Å². The Morgan fingerprint density at radius 3 is 2.65 bits per heavy atom. The fourth-order valence-electron chi connectivity index (χ4n) is 3.01. The first-order chi connectivity index (χ1) is 8.31. The van der Waals surface area contributed by atoms with Gasteiger partial charge in [0.2, 0.25) is 0 Å². The maximum absolute atomic E-state index is 11.8. The minimum atomic E-state index is -0.0952. The first-order valence-corrected chi connectivity index (χ1v) is 6.25. The lowest BCUT2D eigenvalue weighted by molar-refractivity contribution is -0.135. The first kappa shape index (κ1) is 10.6. The molecule has 1 aromatic rings. The molecule has 0 heterocycles. The van der Waals surface area contributed by atoms with E-state index in [2.05, 4.69) is 12.2 Å². The predicted molar refractivity (Wildman–Crippen MR) is 65.5 cm³/mol. The zero-order chi connectivity index (χ0) is 11.7. The third-order valence-corrected chi connectivity index (χ3v) is 3.82. The zero-order valence-corrected chi connectivity index (χ0v) is 9.71. The summed E-state index contributed by atoms with van der Waals surface area (Å²) in [6, 6.07) is 9.31. The summed E-state index contributed by atoms with van der Waals surface area (Å²) >= 11 is 0. The van der Waals surface area contributed by atoms with Crippen molar-refractivity contribution in [3.05, 3.63) is 42.5 Å². The number of para-hydroxylation sites is 1. The maximum Gasteiger partial charge on any atom is 0.311 e. The average molecular weight is 228 g/mol. The smallest absolute Gasteiger partial charge is 0.311 e. The normalized spacial score (nSPS) is 29.5. The SMILES string of the molecule is O=C(CC1CC2C=CC1C2)Oc1ccccc1. The first-order valence-electron chi connectivity index (χ1n) is 6.25. The summed E-state index contributed by atoms with van der Waals surface area (Å²) in [5.74, 6) is 2.39. The number of hydrogen-bond donors (Lipinski definition) is 0. The molecule has 0 spiro atoms. The summed E-state index contributed by atoms with van der Waals surface area (Å²) in [5, 5.41) is 0. The highest BCUT2D eigenvalue weighted by molar-refractivity contribution is 5.72. The van der Waals surface area contributed by atoms with Crippen molar-refractivity contribution in [1.82, 2.24) is 0 Å². The summed E-state index contributed by atoms with van der Waals surface area (Å²) in [6.07, 6.45) is 7.52. The van der Waals surface area contributed by atoms with Gasteiger partial charge in [0.25, 0.3) is 0 Å². The van der Waals surface area contributed by atoms with Crippen molar-refractivity contribution in [2.24, 2.45) is 17.8 Å². The molecule has 0 amide bonds.